The Balaban J connectivity index is 1.38. The number of amides is 2. The largest absolute Gasteiger partial charge is 0.480 e. The van der Waals surface area contributed by atoms with Crippen LogP contribution in [0.2, 0.25) is 0 Å². The molecule has 0 aromatic heterocycles. The van der Waals surface area contributed by atoms with Crippen LogP contribution in [-0.2, 0) is 43.2 Å². The van der Waals surface area contributed by atoms with E-state index in [0.717, 1.165) is 19.3 Å². The van der Waals surface area contributed by atoms with Crippen molar-refractivity contribution in [2.24, 2.45) is 29.4 Å². The third-order valence-corrected chi connectivity index (χ3v) is 7.94. The molecule has 4 aliphatic heterocycles. The van der Waals surface area contributed by atoms with Crippen LogP contribution < -0.4 is 11.1 Å². The van der Waals surface area contributed by atoms with Gasteiger partial charge in [0.1, 0.15) is 6.04 Å². The Kier molecular flexibility index (Phi) is 7.11. The molecule has 0 aromatic rings. The summed E-state index contributed by atoms with van der Waals surface area (Å²) in [5.74, 6) is -4.23. The number of esters is 1. The van der Waals surface area contributed by atoms with Gasteiger partial charge in [-0.05, 0) is 38.0 Å². The molecule has 35 heavy (non-hydrogen) atoms. The molecule has 2 amide bonds. The van der Waals surface area contributed by atoms with Crippen LogP contribution in [0.3, 0.4) is 0 Å². The number of hydrogen-bond acceptors (Lipinski definition) is 9. The van der Waals surface area contributed by atoms with Crippen molar-refractivity contribution in [3.8, 4) is 0 Å². The second-order valence-electron chi connectivity index (χ2n) is 10.4. The van der Waals surface area contributed by atoms with Gasteiger partial charge < -0.3 is 30.4 Å². The lowest BCUT2D eigenvalue weighted by atomic mass is 9.58. The highest BCUT2D eigenvalue weighted by molar-refractivity contribution is 5.89. The Labute approximate surface area is 203 Å². The maximum absolute atomic E-state index is 12.6. The van der Waals surface area contributed by atoms with E-state index < -0.39 is 60.2 Å². The van der Waals surface area contributed by atoms with Crippen LogP contribution in [0.4, 0.5) is 0 Å². The van der Waals surface area contributed by atoms with Crippen LogP contribution in [0.5, 0.6) is 0 Å². The van der Waals surface area contributed by atoms with Crippen molar-refractivity contribution in [1.29, 1.82) is 0 Å². The zero-order valence-electron chi connectivity index (χ0n) is 20.2. The Bertz CT molecular complexity index is 882. The van der Waals surface area contributed by atoms with Crippen LogP contribution in [0.15, 0.2) is 0 Å². The van der Waals surface area contributed by atoms with Gasteiger partial charge in [-0.25, -0.2) is 14.6 Å². The smallest absolute Gasteiger partial charge is 0.326 e. The highest BCUT2D eigenvalue weighted by Gasteiger charge is 2.69. The molecule has 1 saturated carbocycles. The molecule has 1 spiro atoms. The van der Waals surface area contributed by atoms with Crippen molar-refractivity contribution >= 4 is 23.8 Å². The van der Waals surface area contributed by atoms with E-state index in [-0.39, 0.29) is 30.6 Å². The average Bonchev–Trinajstić information content (AvgIpc) is 3.01. The lowest BCUT2D eigenvalue weighted by Crippen LogP contribution is -2.70. The third kappa shape index (κ3) is 4.89. The molecule has 0 aromatic carbocycles. The molecule has 2 bridgehead atoms. The lowest BCUT2D eigenvalue weighted by Gasteiger charge is -2.59. The van der Waals surface area contributed by atoms with Gasteiger partial charge in [-0.2, -0.15) is 0 Å². The number of carboxylic acids is 1. The van der Waals surface area contributed by atoms with Crippen molar-refractivity contribution in [3.05, 3.63) is 0 Å². The Morgan fingerprint density at radius 3 is 2.54 bits per heavy atom. The summed E-state index contributed by atoms with van der Waals surface area (Å²) in [6, 6.07) is -1.46. The predicted molar refractivity (Wildman–Crippen MR) is 116 cm³/mol. The number of carbonyl (C=O) groups is 4. The number of hydrogen-bond donors (Lipinski definition) is 3. The van der Waals surface area contributed by atoms with Crippen LogP contribution in [0, 0.1) is 23.7 Å². The number of carboxylic acid groups (broad SMARTS) is 1. The van der Waals surface area contributed by atoms with E-state index in [0.29, 0.717) is 12.3 Å². The van der Waals surface area contributed by atoms with Crippen molar-refractivity contribution in [1.82, 2.24) is 5.32 Å². The van der Waals surface area contributed by atoms with E-state index in [2.05, 4.69) is 12.2 Å². The summed E-state index contributed by atoms with van der Waals surface area (Å²) in [6.07, 6.45) is 0.584. The molecule has 0 radical (unpaired) electrons. The van der Waals surface area contributed by atoms with E-state index in [1.54, 1.807) is 6.92 Å². The standard InChI is InChI=1S/C23H34N2O10/c1-11-4-5-14-12(2)20(32-21-23(14)13(11)8-9-22(3,33-21)34-35-23)31-18(28)7-6-17(27)25-15(19(29)30)10-16(24)26/h11-15,20-21H,4-10H2,1-3H3,(H2,24,26)(H,25,27)(H,29,30)/t11-,12-,13+,14+,15+,20-,21-,22+,23-/m1/s1. The summed E-state index contributed by atoms with van der Waals surface area (Å²) in [5, 5.41) is 11.3. The Hall–Kier alpha value is -2.28. The topological polar surface area (TPSA) is 173 Å². The van der Waals surface area contributed by atoms with Crippen LogP contribution in [0.25, 0.3) is 0 Å². The monoisotopic (exact) mass is 498 g/mol. The molecular weight excluding hydrogens is 464 g/mol. The summed E-state index contributed by atoms with van der Waals surface area (Å²) in [5.41, 5.74) is 4.23. The maximum atomic E-state index is 12.6. The first kappa shape index (κ1) is 25.8. The zero-order valence-corrected chi connectivity index (χ0v) is 20.2. The molecule has 5 fully saturated rings. The van der Waals surface area contributed by atoms with Crippen molar-refractivity contribution in [2.75, 3.05) is 0 Å². The predicted octanol–water partition coefficient (Wildman–Crippen LogP) is 0.963. The SMILES string of the molecule is C[C@H]1[C@H](OC(=O)CCC(=O)N[C@@H](CC(N)=O)C(=O)O)O[C@@H]2O[C@]3(C)CC[C@H]4[C@H](C)CC[C@@H]1[C@@]24OO3. The van der Waals surface area contributed by atoms with Crippen LogP contribution in [0.1, 0.15) is 65.7 Å². The second-order valence-corrected chi connectivity index (χ2v) is 10.4. The number of carbonyl (C=O) groups excluding carboxylic acids is 3. The van der Waals surface area contributed by atoms with Crippen molar-refractivity contribution in [2.45, 2.75) is 95.7 Å². The molecule has 0 unspecified atom stereocenters. The van der Waals surface area contributed by atoms with Crippen LogP contribution in [-0.4, -0.2) is 58.9 Å². The van der Waals surface area contributed by atoms with Gasteiger partial charge in [-0.1, -0.05) is 13.8 Å². The van der Waals surface area contributed by atoms with E-state index in [4.69, 9.17) is 34.8 Å². The van der Waals surface area contributed by atoms with Crippen molar-refractivity contribution < 1.29 is 48.3 Å². The summed E-state index contributed by atoms with van der Waals surface area (Å²) in [6.45, 7) is 5.95. The molecule has 4 heterocycles. The molecule has 5 aliphatic rings. The van der Waals surface area contributed by atoms with Crippen LogP contribution >= 0.6 is 0 Å². The minimum atomic E-state index is -1.46. The number of nitrogens with one attached hydrogen (secondary N) is 1. The fraction of sp³-hybridized carbons (Fsp3) is 0.826. The van der Waals surface area contributed by atoms with Gasteiger partial charge in [0.15, 0.2) is 11.9 Å². The molecular formula is C23H34N2O10. The molecule has 5 rings (SSSR count). The average molecular weight is 499 g/mol. The first-order valence-corrected chi connectivity index (χ1v) is 12.2. The van der Waals surface area contributed by atoms with Gasteiger partial charge in [0.05, 0.1) is 12.8 Å². The Morgan fingerprint density at radius 2 is 1.86 bits per heavy atom. The molecule has 1 aliphatic carbocycles. The van der Waals surface area contributed by atoms with E-state index in [9.17, 15) is 19.2 Å². The zero-order chi connectivity index (χ0) is 25.5. The van der Waals surface area contributed by atoms with Crippen molar-refractivity contribution in [3.63, 3.8) is 0 Å². The molecule has 4 saturated heterocycles. The van der Waals surface area contributed by atoms with Gasteiger partial charge in [-0.15, -0.1) is 0 Å². The minimum Gasteiger partial charge on any atom is -0.480 e. The Morgan fingerprint density at radius 1 is 1.11 bits per heavy atom. The number of fused-ring (bicyclic) bond motifs is 2. The van der Waals surface area contributed by atoms with E-state index in [1.807, 2.05) is 6.92 Å². The normalized spacial score (nSPS) is 40.7. The summed E-state index contributed by atoms with van der Waals surface area (Å²) in [7, 11) is 0. The molecule has 4 N–H and O–H groups in total. The number of primary amides is 1. The number of rotatable bonds is 8. The van der Waals surface area contributed by atoms with Gasteiger partial charge in [-0.3, -0.25) is 14.4 Å². The number of aliphatic carboxylic acids is 1. The number of nitrogens with two attached hydrogens (primary N) is 1. The summed E-state index contributed by atoms with van der Waals surface area (Å²) in [4.78, 5) is 58.6. The lowest BCUT2D eigenvalue weighted by molar-refractivity contribution is -0.576. The second kappa shape index (κ2) is 9.64. The molecule has 12 heteroatoms. The maximum Gasteiger partial charge on any atom is 0.326 e. The highest BCUT2D eigenvalue weighted by atomic mass is 17.3. The fourth-order valence-electron chi connectivity index (χ4n) is 6.08. The number of ether oxygens (including phenoxy) is 3. The minimum absolute atomic E-state index is 0.0173. The molecule has 12 nitrogen and oxygen atoms in total. The summed E-state index contributed by atoms with van der Waals surface area (Å²) >= 11 is 0. The van der Waals surface area contributed by atoms with Gasteiger partial charge in [0, 0.05) is 24.7 Å². The van der Waals surface area contributed by atoms with Gasteiger partial charge >= 0.3 is 11.9 Å². The fourth-order valence-corrected chi connectivity index (χ4v) is 6.08. The van der Waals surface area contributed by atoms with E-state index in [1.165, 1.54) is 0 Å². The quantitative estimate of drug-likeness (QED) is 0.323. The first-order valence-electron chi connectivity index (χ1n) is 12.2. The highest BCUT2D eigenvalue weighted by Crippen LogP contribution is 2.60. The first-order chi connectivity index (χ1) is 16.4. The van der Waals surface area contributed by atoms with E-state index >= 15 is 0 Å². The molecule has 196 valence electrons. The van der Waals surface area contributed by atoms with Gasteiger partial charge in [0.2, 0.25) is 23.9 Å². The molecule has 9 atom stereocenters. The summed E-state index contributed by atoms with van der Waals surface area (Å²) < 4.78 is 18.0. The van der Waals surface area contributed by atoms with Gasteiger partial charge in [0.25, 0.3) is 0 Å². The third-order valence-electron chi connectivity index (χ3n) is 7.94.